The maximum absolute atomic E-state index is 8.71. The monoisotopic (exact) mass is 258 g/mol. The number of rotatable bonds is 3. The van der Waals surface area contributed by atoms with Crippen molar-refractivity contribution >= 4 is 30.7 Å². The van der Waals surface area contributed by atoms with Crippen molar-refractivity contribution in [2.24, 2.45) is 0 Å². The first-order valence-corrected chi connectivity index (χ1v) is 8.16. The Morgan fingerprint density at radius 3 is 2.00 bits per heavy atom. The topological polar surface area (TPSA) is 20.2 Å². The van der Waals surface area contributed by atoms with Crippen molar-refractivity contribution in [3.05, 3.63) is 0 Å². The largest absolute Gasteiger partial charge is 0.395 e. The van der Waals surface area contributed by atoms with Crippen LogP contribution in [-0.4, -0.2) is 23.7 Å². The Hall–Kier alpha value is 0.907. The lowest BCUT2D eigenvalue weighted by atomic mass is 10.5. The average molecular weight is 258 g/mol. The molecule has 1 nitrogen and oxygen atoms in total. The van der Waals surface area contributed by atoms with E-state index >= 15 is 0 Å². The Balaban J connectivity index is 3.47. The quantitative estimate of drug-likeness (QED) is 0.467. The molecule has 0 radical (unpaired) electrons. The van der Waals surface area contributed by atoms with Crippen LogP contribution in [0.1, 0.15) is 0 Å². The summed E-state index contributed by atoms with van der Waals surface area (Å²) in [6.45, 7) is 7.32. The van der Waals surface area contributed by atoms with Crippen molar-refractivity contribution < 1.29 is 5.11 Å². The van der Waals surface area contributed by atoms with E-state index in [4.69, 9.17) is 5.11 Å². The number of hydrogen-bond acceptors (Lipinski definition) is 1. The molecule has 56 valence electrons. The molecular weight excluding hydrogens is 243 g/mol. The minimum Gasteiger partial charge on any atom is -0.395 e. The number of halogens is 1. The van der Waals surface area contributed by atoms with Crippen LogP contribution in [0.4, 0.5) is 0 Å². The van der Waals surface area contributed by atoms with Gasteiger partial charge in [-0.1, -0.05) is 42.2 Å². The van der Waals surface area contributed by atoms with Crippen molar-refractivity contribution in [1.82, 2.24) is 0 Å². The van der Waals surface area contributed by atoms with E-state index in [1.165, 1.54) is 6.04 Å². The molecule has 0 spiro atoms. The summed E-state index contributed by atoms with van der Waals surface area (Å²) >= 11 is 2.32. The molecule has 0 aromatic heterocycles. The van der Waals surface area contributed by atoms with Crippen molar-refractivity contribution in [3.63, 3.8) is 0 Å². The van der Waals surface area contributed by atoms with Gasteiger partial charge in [0.2, 0.25) is 0 Å². The van der Waals surface area contributed by atoms with Crippen LogP contribution in [-0.2, 0) is 0 Å². The van der Waals surface area contributed by atoms with Crippen LogP contribution in [0.25, 0.3) is 0 Å². The first-order chi connectivity index (χ1) is 3.95. The summed E-state index contributed by atoms with van der Waals surface area (Å²) < 4.78 is 0.481. The molecule has 1 N–H and O–H groups in total. The minimum atomic E-state index is -0.909. The third-order valence-corrected chi connectivity index (χ3v) is 4.41. The Bertz CT molecular complexity index is 79.6. The summed E-state index contributed by atoms with van der Waals surface area (Å²) in [6.07, 6.45) is 0. The molecule has 0 aliphatic rings. The SMILES string of the molecule is C[Si](C)(C)CC(I)CO. The molecule has 1 atom stereocenters. The third kappa shape index (κ3) is 6.80. The molecule has 0 rings (SSSR count). The normalized spacial score (nSPS) is 15.7. The van der Waals surface area contributed by atoms with Gasteiger partial charge in [-0.15, -0.1) is 0 Å². The van der Waals surface area contributed by atoms with Gasteiger partial charge in [0.15, 0.2) is 0 Å². The molecule has 0 heterocycles. The van der Waals surface area contributed by atoms with E-state index in [1.807, 2.05) is 0 Å². The zero-order chi connectivity index (χ0) is 7.49. The summed E-state index contributed by atoms with van der Waals surface area (Å²) in [7, 11) is -0.909. The van der Waals surface area contributed by atoms with Gasteiger partial charge in [-0.2, -0.15) is 0 Å². The van der Waals surface area contributed by atoms with E-state index in [2.05, 4.69) is 42.2 Å². The summed E-state index contributed by atoms with van der Waals surface area (Å²) in [5, 5.41) is 8.71. The van der Waals surface area contributed by atoms with Crippen LogP contribution in [0.3, 0.4) is 0 Å². The number of alkyl halides is 1. The van der Waals surface area contributed by atoms with Crippen LogP contribution in [0, 0.1) is 0 Å². The highest BCUT2D eigenvalue weighted by molar-refractivity contribution is 14.1. The maximum atomic E-state index is 8.71. The van der Waals surface area contributed by atoms with Gasteiger partial charge in [-0.25, -0.2) is 0 Å². The molecule has 0 aliphatic heterocycles. The minimum absolute atomic E-state index is 0.338. The zero-order valence-electron chi connectivity index (χ0n) is 6.32. The molecule has 0 fully saturated rings. The lowest BCUT2D eigenvalue weighted by molar-refractivity contribution is 0.303. The molecule has 0 saturated carbocycles. The standard InChI is InChI=1S/C6H15IOSi/c1-9(2,3)5-6(7)4-8/h6,8H,4-5H2,1-3H3. The number of aliphatic hydroxyl groups excluding tert-OH is 1. The molecule has 0 bridgehead atoms. The maximum Gasteiger partial charge on any atom is 0.0546 e. The van der Waals surface area contributed by atoms with Gasteiger partial charge < -0.3 is 5.11 Å². The van der Waals surface area contributed by atoms with Crippen molar-refractivity contribution in [2.75, 3.05) is 6.61 Å². The second-order valence-corrected chi connectivity index (χ2v) is 10.8. The average Bonchev–Trinajstić information content (AvgIpc) is 1.62. The van der Waals surface area contributed by atoms with E-state index in [-0.39, 0.29) is 0 Å². The lowest BCUT2D eigenvalue weighted by Gasteiger charge is -2.18. The molecular formula is C6H15IOSi. The highest BCUT2D eigenvalue weighted by atomic mass is 127. The molecule has 0 saturated heterocycles. The Morgan fingerprint density at radius 2 is 1.89 bits per heavy atom. The first kappa shape index (κ1) is 9.91. The second kappa shape index (κ2) is 3.93. The summed E-state index contributed by atoms with van der Waals surface area (Å²) in [4.78, 5) is 0. The Labute approximate surface area is 72.0 Å². The summed E-state index contributed by atoms with van der Waals surface area (Å²) in [5.74, 6) is 0. The van der Waals surface area contributed by atoms with E-state index in [9.17, 15) is 0 Å². The smallest absolute Gasteiger partial charge is 0.0546 e. The fourth-order valence-electron chi connectivity index (χ4n) is 0.729. The molecule has 3 heteroatoms. The predicted octanol–water partition coefficient (Wildman–Crippen LogP) is 2.12. The number of aliphatic hydroxyl groups is 1. The lowest BCUT2D eigenvalue weighted by Crippen LogP contribution is -2.25. The fourth-order valence-corrected chi connectivity index (χ4v) is 6.15. The van der Waals surface area contributed by atoms with Gasteiger partial charge >= 0.3 is 0 Å². The van der Waals surface area contributed by atoms with E-state index in [1.54, 1.807) is 0 Å². The van der Waals surface area contributed by atoms with Gasteiger partial charge in [0.05, 0.1) is 6.61 Å². The molecule has 0 aliphatic carbocycles. The highest BCUT2D eigenvalue weighted by Crippen LogP contribution is 2.16. The molecule has 9 heavy (non-hydrogen) atoms. The molecule has 1 unspecified atom stereocenters. The summed E-state index contributed by atoms with van der Waals surface area (Å²) in [6, 6.07) is 1.23. The van der Waals surface area contributed by atoms with Gasteiger partial charge in [-0.3, -0.25) is 0 Å². The van der Waals surface area contributed by atoms with Gasteiger partial charge in [-0.05, 0) is 6.04 Å². The van der Waals surface area contributed by atoms with Crippen molar-refractivity contribution in [2.45, 2.75) is 29.6 Å². The van der Waals surface area contributed by atoms with Crippen molar-refractivity contribution in [1.29, 1.82) is 0 Å². The highest BCUT2D eigenvalue weighted by Gasteiger charge is 2.17. The second-order valence-electron chi connectivity index (χ2n) is 3.54. The summed E-state index contributed by atoms with van der Waals surface area (Å²) in [5.41, 5.74) is 0. The fraction of sp³-hybridized carbons (Fsp3) is 1.00. The van der Waals surface area contributed by atoms with E-state index < -0.39 is 8.07 Å². The van der Waals surface area contributed by atoms with Crippen molar-refractivity contribution in [3.8, 4) is 0 Å². The Morgan fingerprint density at radius 1 is 1.44 bits per heavy atom. The van der Waals surface area contributed by atoms with Gasteiger partial charge in [0, 0.05) is 12.0 Å². The predicted molar refractivity (Wildman–Crippen MR) is 53.0 cm³/mol. The number of hydrogen-bond donors (Lipinski definition) is 1. The molecule has 0 amide bonds. The third-order valence-electron chi connectivity index (χ3n) is 1.03. The molecule has 0 aromatic rings. The van der Waals surface area contributed by atoms with Crippen LogP contribution in [0.15, 0.2) is 0 Å². The first-order valence-electron chi connectivity index (χ1n) is 3.20. The van der Waals surface area contributed by atoms with Crippen LogP contribution < -0.4 is 0 Å². The van der Waals surface area contributed by atoms with Gasteiger partial charge in [0.25, 0.3) is 0 Å². The van der Waals surface area contributed by atoms with Gasteiger partial charge in [0.1, 0.15) is 0 Å². The van der Waals surface area contributed by atoms with Crippen LogP contribution >= 0.6 is 22.6 Å². The Kier molecular flexibility index (Phi) is 4.32. The van der Waals surface area contributed by atoms with Crippen LogP contribution in [0.5, 0.6) is 0 Å². The molecule has 0 aromatic carbocycles. The van der Waals surface area contributed by atoms with Crippen LogP contribution in [0.2, 0.25) is 25.7 Å². The van der Waals surface area contributed by atoms with E-state index in [0.29, 0.717) is 10.5 Å². The van der Waals surface area contributed by atoms with E-state index in [0.717, 1.165) is 0 Å². The zero-order valence-corrected chi connectivity index (χ0v) is 9.47.